The Hall–Kier alpha value is -1.10. The Morgan fingerprint density at radius 2 is 2.13 bits per heavy atom. The summed E-state index contributed by atoms with van der Waals surface area (Å²) in [7, 11) is 0. The van der Waals surface area contributed by atoms with Gasteiger partial charge in [-0.25, -0.2) is 4.79 Å². The Bertz CT molecular complexity index is 276. The molecule has 0 aromatic heterocycles. The maximum Gasteiger partial charge on any atom is 0.326 e. The average Bonchev–Trinajstić information content (AvgIpc) is 2.14. The molecule has 0 saturated carbocycles. The van der Waals surface area contributed by atoms with Crippen molar-refractivity contribution >= 4 is 11.9 Å². The summed E-state index contributed by atoms with van der Waals surface area (Å²) in [5, 5.41) is 9.15. The number of carbonyl (C=O) groups excluding carboxylic acids is 1. The fourth-order valence-corrected chi connectivity index (χ4v) is 2.25. The third-order valence-electron chi connectivity index (χ3n) is 3.00. The van der Waals surface area contributed by atoms with Crippen LogP contribution in [0, 0.1) is 5.41 Å². The first-order valence-corrected chi connectivity index (χ1v) is 5.12. The first kappa shape index (κ1) is 12.0. The van der Waals surface area contributed by atoms with Gasteiger partial charge in [0.15, 0.2) is 0 Å². The van der Waals surface area contributed by atoms with Gasteiger partial charge in [-0.05, 0) is 18.3 Å². The maximum absolute atomic E-state index is 11.5. The minimum absolute atomic E-state index is 0.125. The molecule has 1 aliphatic heterocycles. The molecule has 1 fully saturated rings. The van der Waals surface area contributed by atoms with Gasteiger partial charge in [-0.2, -0.15) is 0 Å². The van der Waals surface area contributed by atoms with Crippen molar-refractivity contribution in [1.29, 1.82) is 0 Å². The van der Waals surface area contributed by atoms with E-state index in [-0.39, 0.29) is 17.9 Å². The van der Waals surface area contributed by atoms with E-state index in [4.69, 9.17) is 10.8 Å². The highest BCUT2D eigenvalue weighted by atomic mass is 16.4. The van der Waals surface area contributed by atoms with E-state index >= 15 is 0 Å². The molecule has 1 heterocycles. The van der Waals surface area contributed by atoms with Gasteiger partial charge in [-0.15, -0.1) is 0 Å². The number of amides is 1. The molecule has 0 radical (unpaired) electrons. The Labute approximate surface area is 89.2 Å². The lowest BCUT2D eigenvalue weighted by Gasteiger charge is -2.43. The third kappa shape index (κ3) is 2.28. The number of aliphatic carboxylic acids is 1. The van der Waals surface area contributed by atoms with Gasteiger partial charge in [0.25, 0.3) is 0 Å². The molecule has 1 saturated heterocycles. The second-order valence-electron chi connectivity index (χ2n) is 4.62. The van der Waals surface area contributed by atoms with Crippen LogP contribution < -0.4 is 5.73 Å². The Kier molecular flexibility index (Phi) is 3.34. The van der Waals surface area contributed by atoms with E-state index < -0.39 is 12.0 Å². The number of hydrogen-bond acceptors (Lipinski definition) is 3. The van der Waals surface area contributed by atoms with Crippen LogP contribution in [0.15, 0.2) is 0 Å². The highest BCUT2D eigenvalue weighted by Gasteiger charge is 2.43. The van der Waals surface area contributed by atoms with Crippen LogP contribution in [0.4, 0.5) is 0 Å². The minimum atomic E-state index is -0.943. The highest BCUT2D eigenvalue weighted by molar-refractivity contribution is 5.85. The Morgan fingerprint density at radius 3 is 2.60 bits per heavy atom. The van der Waals surface area contributed by atoms with Gasteiger partial charge in [-0.1, -0.05) is 13.8 Å². The van der Waals surface area contributed by atoms with E-state index in [1.165, 1.54) is 4.90 Å². The summed E-state index contributed by atoms with van der Waals surface area (Å²) in [5.74, 6) is -1.23. The molecule has 0 spiro atoms. The highest BCUT2D eigenvalue weighted by Crippen LogP contribution is 2.35. The molecule has 5 nitrogen and oxygen atoms in total. The van der Waals surface area contributed by atoms with Crippen molar-refractivity contribution in [1.82, 2.24) is 4.90 Å². The first-order chi connectivity index (χ1) is 6.90. The van der Waals surface area contributed by atoms with Crippen LogP contribution in [0.3, 0.4) is 0 Å². The van der Waals surface area contributed by atoms with Crippen LogP contribution in [-0.2, 0) is 9.59 Å². The third-order valence-corrected chi connectivity index (χ3v) is 3.00. The monoisotopic (exact) mass is 214 g/mol. The zero-order valence-electron chi connectivity index (χ0n) is 9.19. The molecule has 0 aromatic rings. The van der Waals surface area contributed by atoms with Crippen LogP contribution >= 0.6 is 0 Å². The largest absolute Gasteiger partial charge is 0.480 e. The number of nitrogens with zero attached hydrogens (tertiary/aromatic N) is 1. The lowest BCUT2D eigenvalue weighted by Crippen LogP contribution is -2.57. The summed E-state index contributed by atoms with van der Waals surface area (Å²) in [5.41, 5.74) is 4.89. The molecule has 1 aliphatic rings. The van der Waals surface area contributed by atoms with E-state index in [1.54, 1.807) is 0 Å². The summed E-state index contributed by atoms with van der Waals surface area (Å²) in [4.78, 5) is 24.1. The number of nitrogens with two attached hydrogens (primary N) is 1. The number of carbonyl (C=O) groups is 2. The SMILES string of the molecule is CC1(C)CCCN(C(=O)CN)C1C(=O)O. The van der Waals surface area contributed by atoms with E-state index in [0.29, 0.717) is 6.54 Å². The smallest absolute Gasteiger partial charge is 0.326 e. The predicted octanol–water partition coefficient (Wildman–Crippen LogP) is 0.0469. The van der Waals surface area contributed by atoms with E-state index in [9.17, 15) is 9.59 Å². The van der Waals surface area contributed by atoms with E-state index in [1.807, 2.05) is 13.8 Å². The van der Waals surface area contributed by atoms with Crippen molar-refractivity contribution < 1.29 is 14.7 Å². The molecule has 15 heavy (non-hydrogen) atoms. The normalized spacial score (nSPS) is 25.0. The van der Waals surface area contributed by atoms with Crippen LogP contribution in [0.1, 0.15) is 26.7 Å². The lowest BCUT2D eigenvalue weighted by molar-refractivity contribution is -0.158. The van der Waals surface area contributed by atoms with Crippen molar-refractivity contribution in [2.75, 3.05) is 13.1 Å². The maximum atomic E-state index is 11.5. The number of carboxylic acid groups (broad SMARTS) is 1. The van der Waals surface area contributed by atoms with Gasteiger partial charge in [-0.3, -0.25) is 4.79 Å². The summed E-state index contributed by atoms with van der Waals surface area (Å²) in [6.07, 6.45) is 1.65. The molecule has 5 heteroatoms. The molecule has 1 unspecified atom stereocenters. The number of carboxylic acids is 1. The van der Waals surface area contributed by atoms with Crippen molar-refractivity contribution in [2.45, 2.75) is 32.7 Å². The van der Waals surface area contributed by atoms with Crippen LogP contribution in [0.2, 0.25) is 0 Å². The summed E-state index contributed by atoms with van der Waals surface area (Å²) in [6.45, 7) is 4.12. The van der Waals surface area contributed by atoms with Crippen LogP contribution in [-0.4, -0.2) is 41.0 Å². The van der Waals surface area contributed by atoms with Gasteiger partial charge in [0, 0.05) is 6.54 Å². The number of likely N-dealkylation sites (tertiary alicyclic amines) is 1. The number of piperidine rings is 1. The summed E-state index contributed by atoms with van der Waals surface area (Å²) >= 11 is 0. The molecule has 1 amide bonds. The van der Waals surface area contributed by atoms with Crippen LogP contribution in [0.25, 0.3) is 0 Å². The van der Waals surface area contributed by atoms with Crippen molar-refractivity contribution in [2.24, 2.45) is 11.1 Å². The molecule has 3 N–H and O–H groups in total. The summed E-state index contributed by atoms with van der Waals surface area (Å²) < 4.78 is 0. The number of rotatable bonds is 2. The molecular formula is C10H18N2O3. The second-order valence-corrected chi connectivity index (χ2v) is 4.62. The van der Waals surface area contributed by atoms with Crippen molar-refractivity contribution in [3.05, 3.63) is 0 Å². The Morgan fingerprint density at radius 1 is 1.53 bits per heavy atom. The second kappa shape index (κ2) is 4.18. The van der Waals surface area contributed by atoms with Gasteiger partial charge in [0.2, 0.25) is 5.91 Å². The topological polar surface area (TPSA) is 83.6 Å². The molecule has 0 aliphatic carbocycles. The zero-order valence-corrected chi connectivity index (χ0v) is 9.19. The minimum Gasteiger partial charge on any atom is -0.480 e. The molecule has 0 bridgehead atoms. The Balaban J connectivity index is 2.94. The lowest BCUT2D eigenvalue weighted by atomic mass is 9.76. The average molecular weight is 214 g/mol. The van der Waals surface area contributed by atoms with Gasteiger partial charge >= 0.3 is 5.97 Å². The molecule has 1 rings (SSSR count). The van der Waals surface area contributed by atoms with Gasteiger partial charge in [0.05, 0.1) is 6.54 Å². The molecule has 86 valence electrons. The van der Waals surface area contributed by atoms with Gasteiger partial charge < -0.3 is 15.7 Å². The standard InChI is InChI=1S/C10H18N2O3/c1-10(2)4-3-5-12(7(13)6-11)8(10)9(14)15/h8H,3-6,11H2,1-2H3,(H,14,15). The zero-order chi connectivity index (χ0) is 11.6. The quantitative estimate of drug-likeness (QED) is 0.680. The predicted molar refractivity (Wildman–Crippen MR) is 55.2 cm³/mol. The summed E-state index contributed by atoms with van der Waals surface area (Å²) in [6, 6.07) is -0.748. The van der Waals surface area contributed by atoms with Crippen molar-refractivity contribution in [3.8, 4) is 0 Å². The van der Waals surface area contributed by atoms with Gasteiger partial charge in [0.1, 0.15) is 6.04 Å². The molecular weight excluding hydrogens is 196 g/mol. The van der Waals surface area contributed by atoms with E-state index in [2.05, 4.69) is 0 Å². The molecule has 0 aromatic carbocycles. The first-order valence-electron chi connectivity index (χ1n) is 5.12. The van der Waals surface area contributed by atoms with Crippen LogP contribution in [0.5, 0.6) is 0 Å². The molecule has 1 atom stereocenters. The van der Waals surface area contributed by atoms with Crippen molar-refractivity contribution in [3.63, 3.8) is 0 Å². The van der Waals surface area contributed by atoms with E-state index in [0.717, 1.165) is 12.8 Å². The fraction of sp³-hybridized carbons (Fsp3) is 0.800. The fourth-order valence-electron chi connectivity index (χ4n) is 2.25. The number of hydrogen-bond donors (Lipinski definition) is 2.